The van der Waals surface area contributed by atoms with Crippen LogP contribution in [0.2, 0.25) is 0 Å². The maximum Gasteiger partial charge on any atom is 0.234 e. The van der Waals surface area contributed by atoms with Gasteiger partial charge in [0, 0.05) is 6.20 Å². The van der Waals surface area contributed by atoms with Crippen LogP contribution < -0.4 is 5.32 Å². The van der Waals surface area contributed by atoms with E-state index in [1.807, 2.05) is 77.7 Å². The fraction of sp³-hybridized carbons (Fsp3) is 0.158. The maximum atomic E-state index is 12.5. The number of nitrogens with one attached hydrogen (secondary N) is 1. The molecule has 0 spiro atoms. The normalized spacial score (nSPS) is 11.0. The standard InChI is InChI=1S/C19H18N6OS/c1-13-18(14(2)25(23-13)15-8-4-3-5-9-15)20-17(26)12-27-19-22-21-16-10-6-7-11-24(16)19/h3-11H,12H2,1-2H3,(H,20,26). The van der Waals surface area contributed by atoms with Crippen LogP contribution in [0, 0.1) is 13.8 Å². The predicted molar refractivity (Wildman–Crippen MR) is 105 cm³/mol. The molecule has 27 heavy (non-hydrogen) atoms. The van der Waals surface area contributed by atoms with Crippen molar-refractivity contribution in [3.8, 4) is 5.69 Å². The summed E-state index contributed by atoms with van der Waals surface area (Å²) in [7, 11) is 0. The average molecular weight is 378 g/mol. The van der Waals surface area contributed by atoms with Crippen molar-refractivity contribution in [1.82, 2.24) is 24.4 Å². The summed E-state index contributed by atoms with van der Waals surface area (Å²) in [4.78, 5) is 12.5. The van der Waals surface area contributed by atoms with Crippen molar-refractivity contribution in [1.29, 1.82) is 0 Å². The Morgan fingerprint density at radius 1 is 1.07 bits per heavy atom. The molecule has 0 bridgehead atoms. The van der Waals surface area contributed by atoms with Crippen molar-refractivity contribution in [2.75, 3.05) is 11.1 Å². The molecule has 0 fully saturated rings. The van der Waals surface area contributed by atoms with E-state index < -0.39 is 0 Å². The first-order chi connectivity index (χ1) is 13.1. The number of hydrogen-bond acceptors (Lipinski definition) is 5. The number of rotatable bonds is 5. The number of carbonyl (C=O) groups excluding carboxylic acids is 1. The molecule has 3 aromatic heterocycles. The molecule has 1 amide bonds. The molecule has 136 valence electrons. The van der Waals surface area contributed by atoms with Gasteiger partial charge >= 0.3 is 0 Å². The highest BCUT2D eigenvalue weighted by molar-refractivity contribution is 7.99. The minimum atomic E-state index is -0.105. The molecule has 4 rings (SSSR count). The molecule has 0 radical (unpaired) electrons. The Morgan fingerprint density at radius 2 is 1.85 bits per heavy atom. The lowest BCUT2D eigenvalue weighted by Gasteiger charge is -2.07. The van der Waals surface area contributed by atoms with Crippen LogP contribution in [0.1, 0.15) is 11.4 Å². The SMILES string of the molecule is Cc1nn(-c2ccccc2)c(C)c1NC(=O)CSc1nnc2ccccn12. The highest BCUT2D eigenvalue weighted by Crippen LogP contribution is 2.23. The number of thioether (sulfide) groups is 1. The Labute approximate surface area is 160 Å². The van der Waals surface area contributed by atoms with Crippen LogP contribution in [-0.4, -0.2) is 36.0 Å². The minimum absolute atomic E-state index is 0.105. The molecule has 0 atom stereocenters. The second-order valence-electron chi connectivity index (χ2n) is 6.04. The Hall–Kier alpha value is -3.13. The van der Waals surface area contributed by atoms with Crippen LogP contribution in [0.5, 0.6) is 0 Å². The number of nitrogens with zero attached hydrogens (tertiary/aromatic N) is 5. The smallest absolute Gasteiger partial charge is 0.234 e. The zero-order valence-corrected chi connectivity index (χ0v) is 15.8. The minimum Gasteiger partial charge on any atom is -0.322 e. The molecule has 4 aromatic rings. The number of fused-ring (bicyclic) bond motifs is 1. The summed E-state index contributed by atoms with van der Waals surface area (Å²) in [5, 5.41) is 16.4. The summed E-state index contributed by atoms with van der Waals surface area (Å²) >= 11 is 1.35. The molecule has 0 saturated heterocycles. The lowest BCUT2D eigenvalue weighted by molar-refractivity contribution is -0.113. The number of aromatic nitrogens is 5. The van der Waals surface area contributed by atoms with Crippen LogP contribution in [0.15, 0.2) is 59.9 Å². The molecule has 3 heterocycles. The van der Waals surface area contributed by atoms with Gasteiger partial charge in [-0.1, -0.05) is 36.0 Å². The molecule has 0 aliphatic heterocycles. The fourth-order valence-corrected chi connectivity index (χ4v) is 3.59. The summed E-state index contributed by atoms with van der Waals surface area (Å²) < 4.78 is 3.70. The van der Waals surface area contributed by atoms with Gasteiger partial charge in [0.15, 0.2) is 10.8 Å². The first kappa shape index (κ1) is 17.3. The van der Waals surface area contributed by atoms with E-state index in [0.29, 0.717) is 5.16 Å². The van der Waals surface area contributed by atoms with Gasteiger partial charge in [0.1, 0.15) is 0 Å². The lowest BCUT2D eigenvalue weighted by atomic mass is 10.3. The number of anilines is 1. The molecular formula is C19H18N6OS. The molecule has 8 heteroatoms. The van der Waals surface area contributed by atoms with Crippen molar-refractivity contribution >= 4 is 29.0 Å². The van der Waals surface area contributed by atoms with Gasteiger partial charge in [0.25, 0.3) is 0 Å². The molecular weight excluding hydrogens is 360 g/mol. The van der Waals surface area contributed by atoms with E-state index in [1.165, 1.54) is 11.8 Å². The maximum absolute atomic E-state index is 12.5. The van der Waals surface area contributed by atoms with Gasteiger partial charge in [-0.3, -0.25) is 9.20 Å². The van der Waals surface area contributed by atoms with Gasteiger partial charge in [0.2, 0.25) is 5.91 Å². The summed E-state index contributed by atoms with van der Waals surface area (Å²) in [5.74, 6) is 0.136. The zero-order chi connectivity index (χ0) is 18.8. The van der Waals surface area contributed by atoms with Gasteiger partial charge in [0.05, 0.1) is 28.5 Å². The average Bonchev–Trinajstić information content (AvgIpc) is 3.23. The van der Waals surface area contributed by atoms with Gasteiger partial charge in [-0.05, 0) is 38.1 Å². The predicted octanol–water partition coefficient (Wildman–Crippen LogP) is 3.26. The van der Waals surface area contributed by atoms with Crippen molar-refractivity contribution < 1.29 is 4.79 Å². The third kappa shape index (κ3) is 3.43. The summed E-state index contributed by atoms with van der Waals surface area (Å²) in [5.41, 5.74) is 4.14. The number of para-hydroxylation sites is 1. The van der Waals surface area contributed by atoms with Crippen molar-refractivity contribution in [3.05, 3.63) is 66.1 Å². The number of carbonyl (C=O) groups is 1. The number of pyridine rings is 1. The number of amides is 1. The highest BCUT2D eigenvalue weighted by Gasteiger charge is 2.16. The third-order valence-electron chi connectivity index (χ3n) is 4.17. The van der Waals surface area contributed by atoms with E-state index in [9.17, 15) is 4.79 Å². The zero-order valence-electron chi connectivity index (χ0n) is 15.0. The molecule has 0 aliphatic rings. The van der Waals surface area contributed by atoms with Gasteiger partial charge in [-0.2, -0.15) is 5.10 Å². The van der Waals surface area contributed by atoms with Crippen LogP contribution in [0.25, 0.3) is 11.3 Å². The monoisotopic (exact) mass is 378 g/mol. The molecule has 1 aromatic carbocycles. The summed E-state index contributed by atoms with van der Waals surface area (Å²) in [6, 6.07) is 15.5. The van der Waals surface area contributed by atoms with E-state index >= 15 is 0 Å². The summed E-state index contributed by atoms with van der Waals surface area (Å²) in [6.07, 6.45) is 1.88. The van der Waals surface area contributed by atoms with E-state index in [2.05, 4.69) is 20.6 Å². The molecule has 1 N–H and O–H groups in total. The van der Waals surface area contributed by atoms with Crippen molar-refractivity contribution in [2.24, 2.45) is 0 Å². The first-order valence-corrected chi connectivity index (χ1v) is 9.46. The number of aryl methyl sites for hydroxylation is 1. The van der Waals surface area contributed by atoms with Crippen LogP contribution in [-0.2, 0) is 4.79 Å². The Morgan fingerprint density at radius 3 is 2.67 bits per heavy atom. The molecule has 7 nitrogen and oxygen atoms in total. The Balaban J connectivity index is 1.48. The van der Waals surface area contributed by atoms with Crippen LogP contribution >= 0.6 is 11.8 Å². The van der Waals surface area contributed by atoms with E-state index in [4.69, 9.17) is 0 Å². The van der Waals surface area contributed by atoms with E-state index in [0.717, 1.165) is 28.4 Å². The van der Waals surface area contributed by atoms with Gasteiger partial charge < -0.3 is 5.32 Å². The topological polar surface area (TPSA) is 77.1 Å². The second kappa shape index (κ2) is 7.24. The lowest BCUT2D eigenvalue weighted by Crippen LogP contribution is -2.15. The third-order valence-corrected chi connectivity index (χ3v) is 5.11. The van der Waals surface area contributed by atoms with Gasteiger partial charge in [-0.15, -0.1) is 10.2 Å². The molecule has 0 saturated carbocycles. The molecule has 0 unspecified atom stereocenters. The van der Waals surface area contributed by atoms with Crippen LogP contribution in [0.3, 0.4) is 0 Å². The number of benzene rings is 1. The van der Waals surface area contributed by atoms with E-state index in [1.54, 1.807) is 0 Å². The summed E-state index contributed by atoms with van der Waals surface area (Å²) in [6.45, 7) is 3.84. The van der Waals surface area contributed by atoms with Gasteiger partial charge in [-0.25, -0.2) is 4.68 Å². The van der Waals surface area contributed by atoms with Crippen molar-refractivity contribution in [2.45, 2.75) is 19.0 Å². The van der Waals surface area contributed by atoms with Crippen LogP contribution in [0.4, 0.5) is 5.69 Å². The molecule has 0 aliphatic carbocycles. The highest BCUT2D eigenvalue weighted by atomic mass is 32.2. The fourth-order valence-electron chi connectivity index (χ4n) is 2.87. The Bertz CT molecular complexity index is 1100. The quantitative estimate of drug-likeness (QED) is 0.540. The number of hydrogen-bond donors (Lipinski definition) is 1. The second-order valence-corrected chi connectivity index (χ2v) is 6.98. The Kier molecular flexibility index (Phi) is 4.64. The van der Waals surface area contributed by atoms with E-state index in [-0.39, 0.29) is 11.7 Å². The van der Waals surface area contributed by atoms with Crippen molar-refractivity contribution in [3.63, 3.8) is 0 Å². The largest absolute Gasteiger partial charge is 0.322 e. The first-order valence-electron chi connectivity index (χ1n) is 8.47.